The average Bonchev–Trinajstić information content (AvgIpc) is 3.07. The monoisotopic (exact) mass is 405 g/mol. The van der Waals surface area contributed by atoms with Crippen LogP contribution in [0.5, 0.6) is 5.75 Å². The molecule has 0 fully saturated rings. The van der Waals surface area contributed by atoms with E-state index in [-0.39, 0.29) is 18.8 Å². The van der Waals surface area contributed by atoms with E-state index >= 15 is 0 Å². The highest BCUT2D eigenvalue weighted by atomic mass is 19.3. The van der Waals surface area contributed by atoms with Gasteiger partial charge in [0.05, 0.1) is 35.9 Å². The molecule has 0 radical (unpaired) electrons. The summed E-state index contributed by atoms with van der Waals surface area (Å²) in [5.41, 5.74) is 2.15. The first-order valence-corrected chi connectivity index (χ1v) is 8.94. The highest BCUT2D eigenvalue weighted by Crippen LogP contribution is 2.21. The standard InChI is InChI=1S/C19H21F2N5O3/c1-12-7-13(24-8-16(12)29-11-19(2,20)21)9-26-10-14-15(25-26)3-4-22-17(14)18(28)23-5-6-27/h3-4,7-8,10,27H,5-6,9,11H2,1-2H3,(H,23,28). The minimum Gasteiger partial charge on any atom is -0.485 e. The molecule has 29 heavy (non-hydrogen) atoms. The minimum absolute atomic E-state index is 0.132. The van der Waals surface area contributed by atoms with E-state index in [2.05, 4.69) is 20.4 Å². The Morgan fingerprint density at radius 1 is 1.38 bits per heavy atom. The number of aryl methyl sites for hydroxylation is 1. The van der Waals surface area contributed by atoms with Gasteiger partial charge in [0.1, 0.15) is 11.4 Å². The Labute approximate surface area is 165 Å². The lowest BCUT2D eigenvalue weighted by Crippen LogP contribution is -2.27. The van der Waals surface area contributed by atoms with Crippen molar-refractivity contribution in [3.8, 4) is 5.75 Å². The van der Waals surface area contributed by atoms with Crippen LogP contribution in [0.15, 0.2) is 30.7 Å². The Balaban J connectivity index is 1.78. The van der Waals surface area contributed by atoms with Crippen LogP contribution in [0.4, 0.5) is 8.78 Å². The summed E-state index contributed by atoms with van der Waals surface area (Å²) in [6.45, 7) is 2.11. The summed E-state index contributed by atoms with van der Waals surface area (Å²) >= 11 is 0. The Hall–Kier alpha value is -3.14. The zero-order chi connectivity index (χ0) is 21.0. The first-order valence-electron chi connectivity index (χ1n) is 8.94. The lowest BCUT2D eigenvalue weighted by Gasteiger charge is -2.14. The van der Waals surface area contributed by atoms with Gasteiger partial charge < -0.3 is 15.2 Å². The Kier molecular flexibility index (Phi) is 6.02. The number of fused-ring (bicyclic) bond motifs is 1. The number of amides is 1. The molecule has 3 aromatic heterocycles. The second kappa shape index (κ2) is 8.48. The van der Waals surface area contributed by atoms with Gasteiger partial charge in [-0.1, -0.05) is 0 Å². The van der Waals surface area contributed by atoms with E-state index in [1.807, 2.05) is 0 Å². The summed E-state index contributed by atoms with van der Waals surface area (Å²) in [7, 11) is 0. The molecule has 0 aromatic carbocycles. The second-order valence-electron chi connectivity index (χ2n) is 6.70. The Bertz CT molecular complexity index is 1020. The van der Waals surface area contributed by atoms with Crippen molar-refractivity contribution in [1.29, 1.82) is 0 Å². The van der Waals surface area contributed by atoms with Crippen LogP contribution >= 0.6 is 0 Å². The average molecular weight is 405 g/mol. The van der Waals surface area contributed by atoms with E-state index in [1.165, 1.54) is 12.4 Å². The van der Waals surface area contributed by atoms with Crippen LogP contribution in [-0.2, 0) is 6.54 Å². The lowest BCUT2D eigenvalue weighted by molar-refractivity contribution is -0.0232. The van der Waals surface area contributed by atoms with Crippen molar-refractivity contribution < 1.29 is 23.4 Å². The number of aromatic nitrogens is 4. The first-order chi connectivity index (χ1) is 13.8. The summed E-state index contributed by atoms with van der Waals surface area (Å²) < 4.78 is 32.7. The predicted molar refractivity (Wildman–Crippen MR) is 101 cm³/mol. The molecule has 1 amide bonds. The van der Waals surface area contributed by atoms with Gasteiger partial charge in [-0.15, -0.1) is 0 Å². The van der Waals surface area contributed by atoms with E-state index in [4.69, 9.17) is 9.84 Å². The van der Waals surface area contributed by atoms with Gasteiger partial charge in [0.15, 0.2) is 6.61 Å². The molecule has 0 bridgehead atoms. The van der Waals surface area contributed by atoms with Gasteiger partial charge in [-0.05, 0) is 24.6 Å². The third-order valence-electron chi connectivity index (χ3n) is 4.02. The van der Waals surface area contributed by atoms with Crippen LogP contribution in [0.1, 0.15) is 28.7 Å². The zero-order valence-electron chi connectivity index (χ0n) is 16.0. The summed E-state index contributed by atoms with van der Waals surface area (Å²) in [5, 5.41) is 16.4. The number of alkyl halides is 2. The Morgan fingerprint density at radius 3 is 2.86 bits per heavy atom. The van der Waals surface area contributed by atoms with Crippen molar-refractivity contribution in [2.75, 3.05) is 19.8 Å². The van der Waals surface area contributed by atoms with E-state index in [0.717, 1.165) is 6.92 Å². The molecule has 2 N–H and O–H groups in total. The summed E-state index contributed by atoms with van der Waals surface area (Å²) in [5.74, 6) is -3.02. The molecule has 10 heteroatoms. The van der Waals surface area contributed by atoms with Crippen molar-refractivity contribution in [2.45, 2.75) is 26.3 Å². The molecule has 0 aliphatic carbocycles. The number of pyridine rings is 2. The number of aliphatic hydroxyl groups excluding tert-OH is 1. The molecule has 3 heterocycles. The van der Waals surface area contributed by atoms with Gasteiger partial charge >= 0.3 is 0 Å². The molecule has 0 spiro atoms. The molecule has 0 unspecified atom stereocenters. The number of ether oxygens (including phenoxy) is 1. The zero-order valence-corrected chi connectivity index (χ0v) is 16.0. The van der Waals surface area contributed by atoms with Crippen molar-refractivity contribution in [2.24, 2.45) is 0 Å². The maximum Gasteiger partial charge on any atom is 0.278 e. The number of rotatable bonds is 8. The molecule has 0 atom stereocenters. The minimum atomic E-state index is -2.92. The molecule has 0 saturated carbocycles. The molecule has 154 valence electrons. The van der Waals surface area contributed by atoms with Gasteiger partial charge in [0, 0.05) is 25.9 Å². The highest BCUT2D eigenvalue weighted by Gasteiger charge is 2.22. The van der Waals surface area contributed by atoms with Gasteiger partial charge in [-0.3, -0.25) is 19.4 Å². The van der Waals surface area contributed by atoms with E-state index in [9.17, 15) is 13.6 Å². The third kappa shape index (κ3) is 5.23. The lowest BCUT2D eigenvalue weighted by atomic mass is 10.2. The van der Waals surface area contributed by atoms with Crippen molar-refractivity contribution in [1.82, 2.24) is 25.1 Å². The SMILES string of the molecule is Cc1cc(Cn2cc3c(C(=O)NCCO)nccc3n2)ncc1OCC(C)(F)F. The number of halogens is 2. The topological polar surface area (TPSA) is 102 Å². The fourth-order valence-corrected chi connectivity index (χ4v) is 2.72. The maximum absolute atomic E-state index is 13.0. The molecule has 8 nitrogen and oxygen atoms in total. The van der Waals surface area contributed by atoms with E-state index in [1.54, 1.807) is 29.9 Å². The second-order valence-corrected chi connectivity index (χ2v) is 6.70. The van der Waals surface area contributed by atoms with Crippen LogP contribution in [0, 0.1) is 6.92 Å². The molecular formula is C19H21F2N5O3. The van der Waals surface area contributed by atoms with Crippen molar-refractivity contribution in [3.05, 3.63) is 47.7 Å². The van der Waals surface area contributed by atoms with Crippen LogP contribution < -0.4 is 10.1 Å². The normalized spacial score (nSPS) is 11.6. The largest absolute Gasteiger partial charge is 0.485 e. The number of nitrogens with zero attached hydrogens (tertiary/aromatic N) is 4. The smallest absolute Gasteiger partial charge is 0.278 e. The molecule has 0 saturated heterocycles. The highest BCUT2D eigenvalue weighted by molar-refractivity contribution is 6.04. The molecular weight excluding hydrogens is 384 g/mol. The van der Waals surface area contributed by atoms with Gasteiger partial charge in [0.25, 0.3) is 11.8 Å². The maximum atomic E-state index is 13.0. The number of carbonyl (C=O) groups is 1. The molecule has 3 rings (SSSR count). The van der Waals surface area contributed by atoms with Crippen molar-refractivity contribution in [3.63, 3.8) is 0 Å². The number of nitrogens with one attached hydrogen (secondary N) is 1. The van der Waals surface area contributed by atoms with Crippen LogP contribution in [0.25, 0.3) is 10.9 Å². The van der Waals surface area contributed by atoms with Crippen molar-refractivity contribution >= 4 is 16.8 Å². The van der Waals surface area contributed by atoms with Gasteiger partial charge in [-0.2, -0.15) is 5.10 Å². The first kappa shape index (κ1) is 20.6. The van der Waals surface area contributed by atoms with Crippen LogP contribution in [0.2, 0.25) is 0 Å². The fourth-order valence-electron chi connectivity index (χ4n) is 2.72. The number of aliphatic hydroxyl groups is 1. The number of hydrogen-bond acceptors (Lipinski definition) is 6. The summed E-state index contributed by atoms with van der Waals surface area (Å²) in [6, 6.07) is 3.43. The summed E-state index contributed by atoms with van der Waals surface area (Å²) in [4.78, 5) is 20.6. The van der Waals surface area contributed by atoms with Gasteiger partial charge in [-0.25, -0.2) is 8.78 Å². The third-order valence-corrected chi connectivity index (χ3v) is 4.02. The van der Waals surface area contributed by atoms with Gasteiger partial charge in [0.2, 0.25) is 0 Å². The van der Waals surface area contributed by atoms with Crippen LogP contribution in [-0.4, -0.2) is 56.4 Å². The summed E-state index contributed by atoms with van der Waals surface area (Å²) in [6.07, 6.45) is 4.59. The number of hydrogen-bond donors (Lipinski definition) is 2. The number of carbonyl (C=O) groups excluding carboxylic acids is 1. The quantitative estimate of drug-likeness (QED) is 0.594. The Morgan fingerprint density at radius 2 is 2.17 bits per heavy atom. The van der Waals surface area contributed by atoms with E-state index < -0.39 is 18.4 Å². The molecule has 0 aliphatic rings. The van der Waals surface area contributed by atoms with E-state index in [0.29, 0.717) is 34.5 Å². The molecule has 0 aliphatic heterocycles. The predicted octanol–water partition coefficient (Wildman–Crippen LogP) is 1.94. The fraction of sp³-hybridized carbons (Fsp3) is 0.368. The molecule has 3 aromatic rings. The van der Waals surface area contributed by atoms with Crippen LogP contribution in [0.3, 0.4) is 0 Å².